The fraction of sp³-hybridized carbons (Fsp3) is 0.500. The van der Waals surface area contributed by atoms with Gasteiger partial charge in [0.25, 0.3) is 0 Å². The summed E-state index contributed by atoms with van der Waals surface area (Å²) in [6, 6.07) is 0. The first-order chi connectivity index (χ1) is 10.0. The van der Waals surface area contributed by atoms with Crippen LogP contribution < -0.4 is 0 Å². The second-order valence-electron chi connectivity index (χ2n) is 5.91. The minimum absolute atomic E-state index is 0.492. The van der Waals surface area contributed by atoms with Crippen molar-refractivity contribution in [2.45, 2.75) is 59.8 Å². The van der Waals surface area contributed by atoms with Crippen molar-refractivity contribution < 1.29 is 4.74 Å². The Hall–Kier alpha value is -1.50. The Bertz CT molecular complexity index is 474. The second kappa shape index (κ2) is 8.71. The minimum Gasteiger partial charge on any atom is -0.461 e. The average Bonchev–Trinajstić information content (AvgIpc) is 2.84. The Morgan fingerprint density at radius 3 is 2.67 bits per heavy atom. The molecule has 1 heteroatoms. The van der Waals surface area contributed by atoms with E-state index in [2.05, 4.69) is 46.9 Å². The topological polar surface area (TPSA) is 9.23 Å². The first-order valence-electron chi connectivity index (χ1n) is 8.11. The fourth-order valence-corrected chi connectivity index (χ4v) is 2.42. The van der Waals surface area contributed by atoms with Crippen molar-refractivity contribution in [3.63, 3.8) is 0 Å². The van der Waals surface area contributed by atoms with Gasteiger partial charge in [0.15, 0.2) is 0 Å². The molecule has 0 radical (unpaired) electrons. The lowest BCUT2D eigenvalue weighted by atomic mass is 9.96. The van der Waals surface area contributed by atoms with E-state index in [1.54, 1.807) is 6.08 Å². The van der Waals surface area contributed by atoms with Crippen LogP contribution in [0.25, 0.3) is 0 Å². The van der Waals surface area contributed by atoms with E-state index in [0.717, 1.165) is 29.9 Å². The van der Waals surface area contributed by atoms with Gasteiger partial charge in [0.1, 0.15) is 11.5 Å². The number of rotatable bonds is 9. The highest BCUT2D eigenvalue weighted by Crippen LogP contribution is 2.30. The summed E-state index contributed by atoms with van der Waals surface area (Å²) in [5, 5.41) is 0. The largest absolute Gasteiger partial charge is 0.461 e. The van der Waals surface area contributed by atoms with Crippen molar-refractivity contribution in [3.05, 3.63) is 59.6 Å². The normalized spacial score (nSPS) is 16.8. The van der Waals surface area contributed by atoms with Crippen LogP contribution in [0.1, 0.15) is 59.8 Å². The van der Waals surface area contributed by atoms with Crippen LogP contribution in [0.4, 0.5) is 0 Å². The van der Waals surface area contributed by atoms with Gasteiger partial charge in [-0.15, -0.1) is 0 Å². The Morgan fingerprint density at radius 1 is 1.43 bits per heavy atom. The molecule has 1 unspecified atom stereocenters. The zero-order valence-corrected chi connectivity index (χ0v) is 14.2. The third-order valence-electron chi connectivity index (χ3n) is 4.10. The van der Waals surface area contributed by atoms with Gasteiger partial charge in [-0.2, -0.15) is 0 Å². The molecule has 1 rings (SSSR count). The first kappa shape index (κ1) is 17.6. The molecule has 1 aliphatic carbocycles. The molecule has 0 aromatic rings. The van der Waals surface area contributed by atoms with Gasteiger partial charge in [-0.1, -0.05) is 58.4 Å². The predicted octanol–water partition coefficient (Wildman–Crippen LogP) is 6.47. The molecule has 0 fully saturated rings. The monoisotopic (exact) mass is 286 g/mol. The summed E-state index contributed by atoms with van der Waals surface area (Å²) in [7, 11) is 0. The van der Waals surface area contributed by atoms with E-state index in [1.807, 2.05) is 6.08 Å². The molecule has 0 aromatic heterocycles. The van der Waals surface area contributed by atoms with E-state index in [0.29, 0.717) is 5.92 Å². The van der Waals surface area contributed by atoms with Crippen molar-refractivity contribution in [1.82, 2.24) is 0 Å². The highest BCUT2D eigenvalue weighted by Gasteiger charge is 2.14. The van der Waals surface area contributed by atoms with Crippen molar-refractivity contribution in [1.29, 1.82) is 0 Å². The van der Waals surface area contributed by atoms with Gasteiger partial charge in [-0.3, -0.25) is 0 Å². The molecule has 116 valence electrons. The molecule has 0 bridgehead atoms. The highest BCUT2D eigenvalue weighted by atomic mass is 16.5. The summed E-state index contributed by atoms with van der Waals surface area (Å²) in [5.41, 5.74) is 3.78. The summed E-state index contributed by atoms with van der Waals surface area (Å²) in [4.78, 5) is 0. The lowest BCUT2D eigenvalue weighted by Crippen LogP contribution is -1.99. The SMILES string of the molecule is C=C/C(=C\C(=C)C(C)CCCC)OC1=C(C)C=C(CC)C1. The van der Waals surface area contributed by atoms with Crippen molar-refractivity contribution in [3.8, 4) is 0 Å². The number of allylic oxidation sites excluding steroid dienone is 6. The molecule has 0 aliphatic heterocycles. The zero-order chi connectivity index (χ0) is 15.8. The maximum absolute atomic E-state index is 6.04. The van der Waals surface area contributed by atoms with Gasteiger partial charge in [0, 0.05) is 6.42 Å². The van der Waals surface area contributed by atoms with Crippen LogP contribution in [0.15, 0.2) is 59.6 Å². The third-order valence-corrected chi connectivity index (χ3v) is 4.10. The van der Waals surface area contributed by atoms with E-state index in [9.17, 15) is 0 Å². The molecule has 0 amide bonds. The molecule has 0 heterocycles. The molecule has 1 nitrogen and oxygen atoms in total. The lowest BCUT2D eigenvalue weighted by Gasteiger charge is -2.14. The zero-order valence-electron chi connectivity index (χ0n) is 14.2. The number of unbranched alkanes of at least 4 members (excludes halogenated alkanes) is 1. The van der Waals surface area contributed by atoms with Gasteiger partial charge in [0.05, 0.1) is 0 Å². The molecule has 0 saturated carbocycles. The van der Waals surface area contributed by atoms with Gasteiger partial charge in [-0.05, 0) is 49.0 Å². The molecule has 0 aromatic carbocycles. The molecule has 0 spiro atoms. The van der Waals surface area contributed by atoms with Crippen LogP contribution in [-0.4, -0.2) is 0 Å². The van der Waals surface area contributed by atoms with Crippen LogP contribution in [0.5, 0.6) is 0 Å². The summed E-state index contributed by atoms with van der Waals surface area (Å²) in [6.07, 6.45) is 11.7. The quantitative estimate of drug-likeness (QED) is 0.348. The molecular weight excluding hydrogens is 256 g/mol. The third kappa shape index (κ3) is 5.41. The van der Waals surface area contributed by atoms with Crippen LogP contribution in [0, 0.1) is 5.92 Å². The van der Waals surface area contributed by atoms with E-state index in [1.165, 1.54) is 30.4 Å². The van der Waals surface area contributed by atoms with Gasteiger partial charge in [0.2, 0.25) is 0 Å². The standard InChI is InChI=1S/C20H30O/c1-7-10-11-15(4)16(5)13-19(9-3)21-20-14-18(8-2)12-17(20)6/h9,12-13,15H,3,5,7-8,10-11,14H2,1-2,4,6H3/b19-13+. The number of hydrogen-bond donors (Lipinski definition) is 0. The smallest absolute Gasteiger partial charge is 0.126 e. The molecule has 1 aliphatic rings. The molecular formula is C20H30O. The van der Waals surface area contributed by atoms with Crippen LogP contribution >= 0.6 is 0 Å². The van der Waals surface area contributed by atoms with E-state index >= 15 is 0 Å². The van der Waals surface area contributed by atoms with Crippen molar-refractivity contribution in [2.24, 2.45) is 5.92 Å². The van der Waals surface area contributed by atoms with E-state index in [4.69, 9.17) is 4.74 Å². The maximum atomic E-state index is 6.04. The fourth-order valence-electron chi connectivity index (χ4n) is 2.42. The van der Waals surface area contributed by atoms with Crippen LogP contribution in [-0.2, 0) is 4.74 Å². The molecule has 21 heavy (non-hydrogen) atoms. The molecule has 0 saturated heterocycles. The van der Waals surface area contributed by atoms with E-state index < -0.39 is 0 Å². The summed E-state index contributed by atoms with van der Waals surface area (Å²) in [5.74, 6) is 2.35. The minimum atomic E-state index is 0.492. The van der Waals surface area contributed by atoms with E-state index in [-0.39, 0.29) is 0 Å². The predicted molar refractivity (Wildman–Crippen MR) is 92.9 cm³/mol. The summed E-state index contributed by atoms with van der Waals surface area (Å²) >= 11 is 0. The van der Waals surface area contributed by atoms with Crippen molar-refractivity contribution in [2.75, 3.05) is 0 Å². The molecule has 1 atom stereocenters. The van der Waals surface area contributed by atoms with Gasteiger partial charge < -0.3 is 4.74 Å². The Balaban J connectivity index is 2.67. The lowest BCUT2D eigenvalue weighted by molar-refractivity contribution is 0.309. The maximum Gasteiger partial charge on any atom is 0.126 e. The summed E-state index contributed by atoms with van der Waals surface area (Å²) in [6.45, 7) is 16.8. The summed E-state index contributed by atoms with van der Waals surface area (Å²) < 4.78 is 6.04. The number of ether oxygens (including phenoxy) is 1. The Morgan fingerprint density at radius 2 is 2.14 bits per heavy atom. The van der Waals surface area contributed by atoms with Crippen LogP contribution in [0.3, 0.4) is 0 Å². The van der Waals surface area contributed by atoms with Gasteiger partial charge in [-0.25, -0.2) is 0 Å². The molecule has 0 N–H and O–H groups in total. The average molecular weight is 286 g/mol. The van der Waals surface area contributed by atoms with Gasteiger partial charge >= 0.3 is 0 Å². The number of hydrogen-bond acceptors (Lipinski definition) is 1. The second-order valence-corrected chi connectivity index (χ2v) is 5.91. The first-order valence-corrected chi connectivity index (χ1v) is 8.11. The Kier molecular flexibility index (Phi) is 7.28. The van der Waals surface area contributed by atoms with Crippen molar-refractivity contribution >= 4 is 0 Å². The van der Waals surface area contributed by atoms with Crippen LogP contribution in [0.2, 0.25) is 0 Å². The Labute approximate surface area is 130 Å². The highest BCUT2D eigenvalue weighted by molar-refractivity contribution is 5.36.